The molecule has 0 aliphatic carbocycles. The zero-order chi connectivity index (χ0) is 21.5. The Morgan fingerprint density at radius 2 is 1.97 bits per heavy atom. The molecule has 4 N–H and O–H groups in total. The summed E-state index contributed by atoms with van der Waals surface area (Å²) < 4.78 is 0. The second-order valence-corrected chi connectivity index (χ2v) is 7.07. The van der Waals surface area contributed by atoms with Gasteiger partial charge < -0.3 is 20.8 Å². The molecule has 0 spiro atoms. The van der Waals surface area contributed by atoms with E-state index in [0.717, 1.165) is 0 Å². The molecule has 10 nitrogen and oxygen atoms in total. The fourth-order valence-corrected chi connectivity index (χ4v) is 3.53. The van der Waals surface area contributed by atoms with Gasteiger partial charge in [-0.3, -0.25) is 24.2 Å². The van der Waals surface area contributed by atoms with Crippen molar-refractivity contribution in [3.05, 3.63) is 65.0 Å². The van der Waals surface area contributed by atoms with Gasteiger partial charge in [0, 0.05) is 25.6 Å². The smallest absolute Gasteiger partial charge is 0.270 e. The summed E-state index contributed by atoms with van der Waals surface area (Å²) >= 11 is 0. The molecular weight excluding hydrogens is 392 g/mol. The quantitative estimate of drug-likeness (QED) is 0.498. The van der Waals surface area contributed by atoms with Crippen LogP contribution in [0.25, 0.3) is 0 Å². The van der Waals surface area contributed by atoms with Crippen molar-refractivity contribution in [3.63, 3.8) is 0 Å². The van der Waals surface area contributed by atoms with Crippen LogP contribution < -0.4 is 10.6 Å². The number of hydrogen-bond donors (Lipinski definition) is 4. The standard InChI is InChI=1S/C20H18N4O6/c25-15-6-7-20(30,19(29)23-15)24-17(27)12-5-4-11(9-13(12)18(24)28)10-22-16(26)14-3-1-2-8-21-14/h1-5,8-9,19,29-30H,6-7,10H2,(H,22,26)(H,23,25)/t19?,20-/m1/s1. The third-order valence-electron chi connectivity index (χ3n) is 5.14. The number of aromatic nitrogens is 1. The molecule has 0 radical (unpaired) electrons. The van der Waals surface area contributed by atoms with E-state index >= 15 is 0 Å². The van der Waals surface area contributed by atoms with Crippen LogP contribution in [-0.4, -0.2) is 55.7 Å². The minimum absolute atomic E-state index is 0.0436. The van der Waals surface area contributed by atoms with E-state index < -0.39 is 35.6 Å². The molecule has 2 aliphatic rings. The molecule has 1 aromatic heterocycles. The van der Waals surface area contributed by atoms with Crippen molar-refractivity contribution in [1.82, 2.24) is 20.5 Å². The number of piperidine rings is 1. The third kappa shape index (κ3) is 3.21. The van der Waals surface area contributed by atoms with E-state index in [-0.39, 0.29) is 36.2 Å². The molecule has 2 aliphatic heterocycles. The summed E-state index contributed by atoms with van der Waals surface area (Å²) in [5.74, 6) is -2.44. The molecule has 30 heavy (non-hydrogen) atoms. The normalized spacial score (nSPS) is 23.2. The van der Waals surface area contributed by atoms with E-state index in [4.69, 9.17) is 0 Å². The lowest BCUT2D eigenvalue weighted by Gasteiger charge is -2.41. The van der Waals surface area contributed by atoms with Gasteiger partial charge in [-0.1, -0.05) is 12.1 Å². The number of aliphatic hydroxyl groups is 2. The Bertz CT molecular complexity index is 1060. The first kappa shape index (κ1) is 19.7. The summed E-state index contributed by atoms with van der Waals surface area (Å²) in [4.78, 5) is 53.7. The van der Waals surface area contributed by atoms with Gasteiger partial charge in [-0.2, -0.15) is 0 Å². The van der Waals surface area contributed by atoms with Crippen molar-refractivity contribution >= 4 is 23.6 Å². The summed E-state index contributed by atoms with van der Waals surface area (Å²) in [5.41, 5.74) is -1.33. The number of aliphatic hydroxyl groups excluding tert-OH is 1. The van der Waals surface area contributed by atoms with Crippen LogP contribution in [0.3, 0.4) is 0 Å². The number of hydrogen-bond acceptors (Lipinski definition) is 7. The Balaban J connectivity index is 1.54. The van der Waals surface area contributed by atoms with Gasteiger partial charge in [-0.05, 0) is 29.8 Å². The third-order valence-corrected chi connectivity index (χ3v) is 5.14. The minimum atomic E-state index is -2.24. The molecule has 1 aromatic carbocycles. The van der Waals surface area contributed by atoms with Gasteiger partial charge in [0.15, 0.2) is 12.0 Å². The Hall–Kier alpha value is -3.63. The van der Waals surface area contributed by atoms with Crippen LogP contribution in [-0.2, 0) is 11.3 Å². The molecule has 0 saturated carbocycles. The molecule has 1 saturated heterocycles. The van der Waals surface area contributed by atoms with Gasteiger partial charge in [0.2, 0.25) is 5.91 Å². The van der Waals surface area contributed by atoms with Crippen molar-refractivity contribution in [2.45, 2.75) is 31.3 Å². The highest BCUT2D eigenvalue weighted by atomic mass is 16.4. The average Bonchev–Trinajstić information content (AvgIpc) is 3.00. The molecule has 154 valence electrons. The lowest BCUT2D eigenvalue weighted by molar-refractivity contribution is -0.180. The highest BCUT2D eigenvalue weighted by molar-refractivity contribution is 6.22. The minimum Gasteiger partial charge on any atom is -0.369 e. The Kier molecular flexibility index (Phi) is 4.80. The average molecular weight is 410 g/mol. The highest BCUT2D eigenvalue weighted by Gasteiger charge is 2.54. The maximum Gasteiger partial charge on any atom is 0.270 e. The number of fused-ring (bicyclic) bond motifs is 1. The first-order valence-corrected chi connectivity index (χ1v) is 9.22. The fraction of sp³-hybridized carbons (Fsp3) is 0.250. The lowest BCUT2D eigenvalue weighted by atomic mass is 9.98. The van der Waals surface area contributed by atoms with Gasteiger partial charge in [0.25, 0.3) is 17.7 Å². The van der Waals surface area contributed by atoms with E-state index in [1.807, 2.05) is 0 Å². The summed E-state index contributed by atoms with van der Waals surface area (Å²) in [6.07, 6.45) is -0.724. The number of amides is 4. The van der Waals surface area contributed by atoms with Crippen LogP contribution in [0.1, 0.15) is 49.6 Å². The second-order valence-electron chi connectivity index (χ2n) is 7.07. The van der Waals surface area contributed by atoms with Crippen molar-refractivity contribution in [3.8, 4) is 0 Å². The first-order valence-electron chi connectivity index (χ1n) is 9.22. The predicted molar refractivity (Wildman–Crippen MR) is 101 cm³/mol. The van der Waals surface area contributed by atoms with Crippen LogP contribution in [0.2, 0.25) is 0 Å². The van der Waals surface area contributed by atoms with Crippen molar-refractivity contribution < 1.29 is 29.4 Å². The van der Waals surface area contributed by atoms with Crippen molar-refractivity contribution in [2.75, 3.05) is 0 Å². The summed E-state index contributed by atoms with van der Waals surface area (Å²) in [5, 5.41) is 25.7. The number of carbonyl (C=O) groups excluding carboxylic acids is 4. The van der Waals surface area contributed by atoms with E-state index in [1.165, 1.54) is 18.3 Å². The summed E-state index contributed by atoms with van der Waals surface area (Å²) in [6.45, 7) is 0.0904. The van der Waals surface area contributed by atoms with Gasteiger partial charge in [-0.15, -0.1) is 0 Å². The Morgan fingerprint density at radius 3 is 2.67 bits per heavy atom. The topological polar surface area (TPSA) is 149 Å². The molecule has 10 heteroatoms. The Morgan fingerprint density at radius 1 is 1.20 bits per heavy atom. The number of carbonyl (C=O) groups is 4. The zero-order valence-electron chi connectivity index (χ0n) is 15.7. The molecule has 0 bridgehead atoms. The summed E-state index contributed by atoms with van der Waals surface area (Å²) in [7, 11) is 0. The van der Waals surface area contributed by atoms with Gasteiger partial charge in [0.1, 0.15) is 5.69 Å². The van der Waals surface area contributed by atoms with Crippen LogP contribution in [0.5, 0.6) is 0 Å². The van der Waals surface area contributed by atoms with Gasteiger partial charge in [-0.25, -0.2) is 4.90 Å². The number of benzene rings is 1. The van der Waals surface area contributed by atoms with Crippen LogP contribution >= 0.6 is 0 Å². The van der Waals surface area contributed by atoms with Crippen LogP contribution in [0, 0.1) is 0 Å². The highest BCUT2D eigenvalue weighted by Crippen LogP contribution is 2.34. The lowest BCUT2D eigenvalue weighted by Crippen LogP contribution is -2.66. The molecule has 1 fully saturated rings. The SMILES string of the molecule is O=C1CC[C@](O)(N2C(=O)c3ccc(CNC(=O)c4ccccn4)cc3C2=O)C(O)N1. The number of rotatable bonds is 4. The number of pyridine rings is 1. The first-order chi connectivity index (χ1) is 14.3. The van der Waals surface area contributed by atoms with Crippen LogP contribution in [0.15, 0.2) is 42.6 Å². The second kappa shape index (κ2) is 7.32. The number of imide groups is 1. The summed E-state index contributed by atoms with van der Waals surface area (Å²) in [6, 6.07) is 9.39. The molecular formula is C20H18N4O6. The molecule has 1 unspecified atom stereocenters. The van der Waals surface area contributed by atoms with E-state index in [1.54, 1.807) is 24.3 Å². The molecule has 3 heterocycles. The van der Waals surface area contributed by atoms with Gasteiger partial charge in [0.05, 0.1) is 11.1 Å². The maximum atomic E-state index is 12.9. The zero-order valence-corrected chi connectivity index (χ0v) is 15.7. The molecule has 2 aromatic rings. The van der Waals surface area contributed by atoms with Gasteiger partial charge >= 0.3 is 0 Å². The maximum absolute atomic E-state index is 12.9. The molecule has 4 rings (SSSR count). The molecule has 2 atom stereocenters. The fourth-order valence-electron chi connectivity index (χ4n) is 3.53. The monoisotopic (exact) mass is 410 g/mol. The predicted octanol–water partition coefficient (Wildman–Crippen LogP) is -0.475. The number of nitrogens with zero attached hydrogens (tertiary/aromatic N) is 2. The molecule has 4 amide bonds. The van der Waals surface area contributed by atoms with Crippen LogP contribution in [0.4, 0.5) is 0 Å². The Labute approximate surface area is 170 Å². The van der Waals surface area contributed by atoms with E-state index in [9.17, 15) is 29.4 Å². The number of nitrogens with one attached hydrogen (secondary N) is 2. The van der Waals surface area contributed by atoms with Crippen molar-refractivity contribution in [2.24, 2.45) is 0 Å². The van der Waals surface area contributed by atoms with E-state index in [2.05, 4.69) is 15.6 Å². The van der Waals surface area contributed by atoms with E-state index in [0.29, 0.717) is 10.5 Å². The van der Waals surface area contributed by atoms with Crippen molar-refractivity contribution in [1.29, 1.82) is 0 Å². The largest absolute Gasteiger partial charge is 0.369 e.